The molecular formula is C29H43N5O3. The van der Waals surface area contributed by atoms with E-state index >= 15 is 0 Å². The van der Waals surface area contributed by atoms with Gasteiger partial charge in [0.25, 0.3) is 5.91 Å². The third-order valence-electron chi connectivity index (χ3n) is 9.04. The maximum atomic E-state index is 13.9. The van der Waals surface area contributed by atoms with Crippen LogP contribution in [0.5, 0.6) is 0 Å². The van der Waals surface area contributed by atoms with Gasteiger partial charge in [0.05, 0.1) is 6.67 Å². The van der Waals surface area contributed by atoms with Crippen LogP contribution in [0.1, 0.15) is 77.0 Å². The summed E-state index contributed by atoms with van der Waals surface area (Å²) in [5, 5.41) is 6.32. The molecule has 2 saturated carbocycles. The van der Waals surface area contributed by atoms with Gasteiger partial charge in [-0.2, -0.15) is 0 Å². The van der Waals surface area contributed by atoms with Crippen molar-refractivity contribution in [2.45, 2.75) is 88.6 Å². The number of piperidine rings is 1. The number of carbonyl (C=O) groups is 3. The van der Waals surface area contributed by atoms with Crippen LogP contribution in [0, 0.1) is 5.92 Å². The molecule has 8 nitrogen and oxygen atoms in total. The minimum absolute atomic E-state index is 0.00240. The number of hydrogen-bond acceptors (Lipinski definition) is 4. The van der Waals surface area contributed by atoms with E-state index in [2.05, 4.69) is 15.5 Å². The molecule has 4 aliphatic rings. The van der Waals surface area contributed by atoms with Crippen LogP contribution in [0.15, 0.2) is 30.3 Å². The Balaban J connectivity index is 1.23. The predicted molar refractivity (Wildman–Crippen MR) is 144 cm³/mol. The first kappa shape index (κ1) is 25.9. The van der Waals surface area contributed by atoms with Crippen molar-refractivity contribution in [3.05, 3.63) is 30.3 Å². The third kappa shape index (κ3) is 5.88. The Hall–Kier alpha value is -2.77. The van der Waals surface area contributed by atoms with E-state index in [0.717, 1.165) is 18.5 Å². The number of urea groups is 1. The SMILES string of the molecule is O=C(CN1CN(c2ccccc2)C2(CCN(C(=O)NC3CCCCC3)CC2)C1=O)NCC1CCCCC1. The molecule has 2 N–H and O–H groups in total. The fraction of sp³-hybridized carbons (Fsp3) is 0.690. The first-order valence-corrected chi connectivity index (χ1v) is 14.5. The molecule has 4 amide bonds. The van der Waals surface area contributed by atoms with Gasteiger partial charge in [-0.3, -0.25) is 9.59 Å². The summed E-state index contributed by atoms with van der Waals surface area (Å²) in [6.45, 7) is 2.26. The number of likely N-dealkylation sites (tertiary alicyclic amines) is 1. The van der Waals surface area contributed by atoms with E-state index in [0.29, 0.717) is 45.1 Å². The molecule has 8 heteroatoms. The number of amides is 4. The van der Waals surface area contributed by atoms with Crippen molar-refractivity contribution in [3.8, 4) is 0 Å². The van der Waals surface area contributed by atoms with Gasteiger partial charge in [0, 0.05) is 31.4 Å². The molecule has 1 aromatic carbocycles. The van der Waals surface area contributed by atoms with Crippen LogP contribution >= 0.6 is 0 Å². The highest BCUT2D eigenvalue weighted by Crippen LogP contribution is 2.39. The van der Waals surface area contributed by atoms with E-state index in [4.69, 9.17) is 0 Å². The van der Waals surface area contributed by atoms with Crippen molar-refractivity contribution >= 4 is 23.5 Å². The quantitative estimate of drug-likeness (QED) is 0.610. The summed E-state index contributed by atoms with van der Waals surface area (Å²) in [6.07, 6.45) is 13.0. The van der Waals surface area contributed by atoms with Crippen LogP contribution in [0.3, 0.4) is 0 Å². The highest BCUT2D eigenvalue weighted by molar-refractivity contribution is 5.96. The van der Waals surface area contributed by atoms with Gasteiger partial charge in [-0.25, -0.2) is 4.79 Å². The molecular weight excluding hydrogens is 466 g/mol. The Bertz CT molecular complexity index is 934. The van der Waals surface area contributed by atoms with Crippen LogP contribution in [0.4, 0.5) is 10.5 Å². The van der Waals surface area contributed by atoms with Crippen LogP contribution in [0.2, 0.25) is 0 Å². The van der Waals surface area contributed by atoms with E-state index in [-0.39, 0.29) is 30.4 Å². The molecule has 0 bridgehead atoms. The van der Waals surface area contributed by atoms with E-state index in [1.165, 1.54) is 51.4 Å². The summed E-state index contributed by atoms with van der Waals surface area (Å²) in [7, 11) is 0. The standard InChI is InChI=1S/C29H43N5O3/c35-26(30-20-23-10-4-1-5-11-23)21-33-22-34(25-14-8-3-9-15-25)29(27(33)36)16-18-32(19-17-29)28(37)31-24-12-6-2-7-13-24/h3,8-9,14-15,23-24H,1-2,4-7,10-13,16-22H2,(H,30,35)(H,31,37). The Morgan fingerprint density at radius 3 is 2.22 bits per heavy atom. The van der Waals surface area contributed by atoms with Crippen molar-refractivity contribution in [1.29, 1.82) is 0 Å². The summed E-state index contributed by atoms with van der Waals surface area (Å²) < 4.78 is 0. The van der Waals surface area contributed by atoms with Crippen LogP contribution in [-0.4, -0.2) is 72.1 Å². The Morgan fingerprint density at radius 2 is 1.54 bits per heavy atom. The molecule has 5 rings (SSSR count). The minimum atomic E-state index is -0.716. The molecule has 2 saturated heterocycles. The Kier molecular flexibility index (Phi) is 8.20. The second-order valence-corrected chi connectivity index (χ2v) is 11.5. The molecule has 202 valence electrons. The molecule has 2 aliphatic carbocycles. The number of benzene rings is 1. The monoisotopic (exact) mass is 509 g/mol. The number of anilines is 1. The molecule has 0 aromatic heterocycles. The zero-order chi connectivity index (χ0) is 25.7. The van der Waals surface area contributed by atoms with Crippen molar-refractivity contribution in [1.82, 2.24) is 20.4 Å². The molecule has 0 radical (unpaired) electrons. The first-order valence-electron chi connectivity index (χ1n) is 14.5. The van der Waals surface area contributed by atoms with Crippen LogP contribution in [0.25, 0.3) is 0 Å². The van der Waals surface area contributed by atoms with Crippen molar-refractivity contribution in [2.24, 2.45) is 5.92 Å². The summed E-state index contributed by atoms with van der Waals surface area (Å²) >= 11 is 0. The van der Waals surface area contributed by atoms with E-state index < -0.39 is 5.54 Å². The van der Waals surface area contributed by atoms with E-state index in [9.17, 15) is 14.4 Å². The molecule has 0 unspecified atom stereocenters. The van der Waals surface area contributed by atoms with Gasteiger partial charge in [0.2, 0.25) is 5.91 Å². The maximum Gasteiger partial charge on any atom is 0.317 e. The minimum Gasteiger partial charge on any atom is -0.354 e. The van der Waals surface area contributed by atoms with Gasteiger partial charge in [-0.15, -0.1) is 0 Å². The molecule has 1 spiro atoms. The smallest absolute Gasteiger partial charge is 0.317 e. The van der Waals surface area contributed by atoms with Gasteiger partial charge < -0.3 is 25.3 Å². The van der Waals surface area contributed by atoms with E-state index in [1.54, 1.807) is 4.90 Å². The fourth-order valence-electron chi connectivity index (χ4n) is 6.79. The number of nitrogens with one attached hydrogen (secondary N) is 2. The van der Waals surface area contributed by atoms with E-state index in [1.807, 2.05) is 35.2 Å². The highest BCUT2D eigenvalue weighted by Gasteiger charge is 2.54. The first-order chi connectivity index (χ1) is 18.0. The van der Waals surface area contributed by atoms with Gasteiger partial charge in [-0.05, 0) is 56.6 Å². The highest BCUT2D eigenvalue weighted by atomic mass is 16.2. The molecule has 1 aromatic rings. The normalized spacial score (nSPS) is 22.9. The summed E-state index contributed by atoms with van der Waals surface area (Å²) in [4.78, 5) is 45.4. The third-order valence-corrected chi connectivity index (χ3v) is 9.04. The predicted octanol–water partition coefficient (Wildman–Crippen LogP) is 3.87. The number of carbonyl (C=O) groups excluding carboxylic acids is 3. The van der Waals surface area contributed by atoms with Crippen LogP contribution in [-0.2, 0) is 9.59 Å². The maximum absolute atomic E-state index is 13.9. The lowest BCUT2D eigenvalue weighted by Gasteiger charge is -2.43. The molecule has 2 heterocycles. The molecule has 0 atom stereocenters. The van der Waals surface area contributed by atoms with Gasteiger partial charge in [0.15, 0.2) is 0 Å². The second kappa shape index (κ2) is 11.7. The largest absolute Gasteiger partial charge is 0.354 e. The zero-order valence-corrected chi connectivity index (χ0v) is 22.1. The van der Waals surface area contributed by atoms with Gasteiger partial charge in [-0.1, -0.05) is 56.7 Å². The Morgan fingerprint density at radius 1 is 0.892 bits per heavy atom. The summed E-state index contributed by atoms with van der Waals surface area (Å²) in [6, 6.07) is 10.3. The summed E-state index contributed by atoms with van der Waals surface area (Å²) in [5.41, 5.74) is 0.271. The number of para-hydroxylation sites is 1. The summed E-state index contributed by atoms with van der Waals surface area (Å²) in [5.74, 6) is 0.494. The second-order valence-electron chi connectivity index (χ2n) is 11.5. The molecule has 37 heavy (non-hydrogen) atoms. The average molecular weight is 510 g/mol. The van der Waals surface area contributed by atoms with Crippen LogP contribution < -0.4 is 15.5 Å². The lowest BCUT2D eigenvalue weighted by molar-refractivity contribution is -0.137. The average Bonchev–Trinajstić information content (AvgIpc) is 3.20. The van der Waals surface area contributed by atoms with Crippen molar-refractivity contribution in [3.63, 3.8) is 0 Å². The van der Waals surface area contributed by atoms with Crippen molar-refractivity contribution < 1.29 is 14.4 Å². The lowest BCUT2D eigenvalue weighted by Crippen LogP contribution is -2.59. The van der Waals surface area contributed by atoms with Crippen molar-refractivity contribution in [2.75, 3.05) is 37.7 Å². The number of rotatable bonds is 6. The van der Waals surface area contributed by atoms with Gasteiger partial charge in [0.1, 0.15) is 12.1 Å². The molecule has 4 fully saturated rings. The lowest BCUT2D eigenvalue weighted by atomic mass is 9.85. The van der Waals surface area contributed by atoms with Gasteiger partial charge >= 0.3 is 6.03 Å². The zero-order valence-electron chi connectivity index (χ0n) is 22.1. The number of nitrogens with zero attached hydrogens (tertiary/aromatic N) is 3. The Labute approximate surface area is 221 Å². The molecule has 2 aliphatic heterocycles. The number of hydrogen-bond donors (Lipinski definition) is 2. The fourth-order valence-corrected chi connectivity index (χ4v) is 6.79. The topological polar surface area (TPSA) is 85.0 Å².